The number of nitriles is 1. The fourth-order valence-corrected chi connectivity index (χ4v) is 6.24. The summed E-state index contributed by atoms with van der Waals surface area (Å²) >= 11 is 1.23. The first kappa shape index (κ1) is 19.3. The maximum absolute atomic E-state index is 12.7. The van der Waals surface area contributed by atoms with E-state index in [9.17, 15) is 13.5 Å². The molecule has 6 nitrogen and oxygen atoms in total. The largest absolute Gasteiger partial charge is 0.396 e. The van der Waals surface area contributed by atoms with Crippen LogP contribution in [0.5, 0.6) is 0 Å². The highest BCUT2D eigenvalue weighted by Crippen LogP contribution is 2.34. The number of aliphatic hydroxyl groups is 1. The molecular weight excluding hydrogens is 370 g/mol. The van der Waals surface area contributed by atoms with Crippen LogP contribution in [0.2, 0.25) is 0 Å². The molecule has 1 aliphatic heterocycles. The Hall–Kier alpha value is -1.50. The first-order chi connectivity index (χ1) is 12.4. The van der Waals surface area contributed by atoms with E-state index in [1.165, 1.54) is 11.3 Å². The number of nitrogens with one attached hydrogen (secondary N) is 1. The van der Waals surface area contributed by atoms with Gasteiger partial charge in [0, 0.05) is 30.9 Å². The number of piperidine rings is 1. The molecule has 0 bridgehead atoms. The number of rotatable bonds is 6. The number of hydrogen-bond donors (Lipinski definition) is 2. The number of likely N-dealkylation sites (tertiary alicyclic amines) is 1. The number of benzene rings is 1. The number of aliphatic hydroxyl groups excluding tert-OH is 1. The first-order valence-electron chi connectivity index (χ1n) is 8.70. The summed E-state index contributed by atoms with van der Waals surface area (Å²) in [7, 11) is -3.58. The van der Waals surface area contributed by atoms with Crippen LogP contribution in [0.15, 0.2) is 22.4 Å². The van der Waals surface area contributed by atoms with Crippen molar-refractivity contribution in [2.75, 3.05) is 32.8 Å². The Kier molecular flexibility index (Phi) is 5.95. The van der Waals surface area contributed by atoms with Crippen LogP contribution in [0, 0.1) is 24.2 Å². The van der Waals surface area contributed by atoms with E-state index in [0.29, 0.717) is 34.3 Å². The lowest BCUT2D eigenvalue weighted by atomic mass is 9.99. The van der Waals surface area contributed by atoms with E-state index < -0.39 is 10.0 Å². The van der Waals surface area contributed by atoms with E-state index in [2.05, 4.69) is 15.7 Å². The number of nitrogens with zero attached hydrogens (tertiary/aromatic N) is 2. The van der Waals surface area contributed by atoms with Crippen LogP contribution in [0.3, 0.4) is 0 Å². The molecule has 2 aromatic rings. The van der Waals surface area contributed by atoms with Gasteiger partial charge in [0.1, 0.15) is 4.21 Å². The molecule has 1 aromatic heterocycles. The molecule has 1 fully saturated rings. The summed E-state index contributed by atoms with van der Waals surface area (Å²) in [5, 5.41) is 19.1. The molecule has 0 radical (unpaired) electrons. The van der Waals surface area contributed by atoms with Crippen molar-refractivity contribution in [1.82, 2.24) is 9.62 Å². The first-order valence-corrected chi connectivity index (χ1v) is 11.0. The van der Waals surface area contributed by atoms with Crippen molar-refractivity contribution in [2.45, 2.75) is 24.0 Å². The standard InChI is InChI=1S/C18H23N3O3S2/c1-13-16-9-14(10-19)4-5-17(16)25-18(13)26(23,24)20-6-8-21-7-2-3-15(11-21)12-22/h4-5,9,15,20,22H,2-3,6-8,11-12H2,1H3/t15-/m0/s1. The summed E-state index contributed by atoms with van der Waals surface area (Å²) in [5.74, 6) is 0.291. The average molecular weight is 394 g/mol. The minimum atomic E-state index is -3.58. The third kappa shape index (κ3) is 4.08. The quantitative estimate of drug-likeness (QED) is 0.784. The van der Waals surface area contributed by atoms with Gasteiger partial charge in [-0.25, -0.2) is 13.1 Å². The van der Waals surface area contributed by atoms with E-state index in [1.54, 1.807) is 25.1 Å². The molecule has 26 heavy (non-hydrogen) atoms. The van der Waals surface area contributed by atoms with E-state index in [4.69, 9.17) is 5.26 Å². The zero-order valence-electron chi connectivity index (χ0n) is 14.7. The highest BCUT2D eigenvalue weighted by atomic mass is 32.2. The third-order valence-corrected chi connectivity index (χ3v) is 8.20. The van der Waals surface area contributed by atoms with Crippen molar-refractivity contribution in [3.05, 3.63) is 29.3 Å². The van der Waals surface area contributed by atoms with Crippen molar-refractivity contribution in [1.29, 1.82) is 5.26 Å². The van der Waals surface area contributed by atoms with Gasteiger partial charge in [0.2, 0.25) is 10.0 Å². The lowest BCUT2D eigenvalue weighted by Gasteiger charge is -2.31. The number of sulfonamides is 1. The fourth-order valence-electron chi connectivity index (χ4n) is 3.43. The highest BCUT2D eigenvalue weighted by Gasteiger charge is 2.23. The second-order valence-electron chi connectivity index (χ2n) is 6.73. The highest BCUT2D eigenvalue weighted by molar-refractivity contribution is 7.91. The lowest BCUT2D eigenvalue weighted by molar-refractivity contribution is 0.122. The van der Waals surface area contributed by atoms with Crippen LogP contribution < -0.4 is 4.72 Å². The molecule has 140 valence electrons. The molecule has 0 amide bonds. The molecule has 1 atom stereocenters. The Labute approximate surface area is 158 Å². The van der Waals surface area contributed by atoms with Gasteiger partial charge in [-0.1, -0.05) is 0 Å². The number of hydrogen-bond acceptors (Lipinski definition) is 6. The van der Waals surface area contributed by atoms with Crippen LogP contribution in [0.4, 0.5) is 0 Å². The zero-order chi connectivity index (χ0) is 18.7. The molecule has 0 saturated carbocycles. The van der Waals surface area contributed by atoms with Crippen molar-refractivity contribution in [2.24, 2.45) is 5.92 Å². The normalized spacial score (nSPS) is 18.9. The summed E-state index contributed by atoms with van der Waals surface area (Å²) in [6, 6.07) is 7.33. The SMILES string of the molecule is Cc1c(S(=O)(=O)NCCN2CCC[C@H](CO)C2)sc2ccc(C#N)cc12. The van der Waals surface area contributed by atoms with Crippen LogP contribution in [-0.4, -0.2) is 51.2 Å². The minimum Gasteiger partial charge on any atom is -0.396 e. The topological polar surface area (TPSA) is 93.4 Å². The molecule has 0 unspecified atom stereocenters. The molecule has 0 spiro atoms. The van der Waals surface area contributed by atoms with Gasteiger partial charge >= 0.3 is 0 Å². The van der Waals surface area contributed by atoms with Crippen LogP contribution >= 0.6 is 11.3 Å². The van der Waals surface area contributed by atoms with Gasteiger partial charge in [0.25, 0.3) is 0 Å². The van der Waals surface area contributed by atoms with Gasteiger partial charge in [-0.05, 0) is 61.4 Å². The van der Waals surface area contributed by atoms with Crippen molar-refractivity contribution in [3.8, 4) is 6.07 Å². The Morgan fingerprint density at radius 1 is 1.46 bits per heavy atom. The second kappa shape index (κ2) is 8.03. The van der Waals surface area contributed by atoms with Crippen molar-refractivity contribution >= 4 is 31.4 Å². The van der Waals surface area contributed by atoms with Gasteiger partial charge in [0.05, 0.1) is 11.6 Å². The minimum absolute atomic E-state index is 0.188. The summed E-state index contributed by atoms with van der Waals surface area (Å²) in [6.07, 6.45) is 2.07. The smallest absolute Gasteiger partial charge is 0.250 e. The van der Waals surface area contributed by atoms with Gasteiger partial charge in [-0.15, -0.1) is 11.3 Å². The van der Waals surface area contributed by atoms with Crippen LogP contribution in [0.25, 0.3) is 10.1 Å². The summed E-state index contributed by atoms with van der Waals surface area (Å²) in [4.78, 5) is 2.20. The van der Waals surface area contributed by atoms with Crippen molar-refractivity contribution in [3.63, 3.8) is 0 Å². The van der Waals surface area contributed by atoms with Crippen LogP contribution in [-0.2, 0) is 10.0 Å². The summed E-state index contributed by atoms with van der Waals surface area (Å²) in [5.41, 5.74) is 1.21. The Balaban J connectivity index is 1.69. The third-order valence-electron chi connectivity index (χ3n) is 4.85. The van der Waals surface area contributed by atoms with Gasteiger partial charge < -0.3 is 10.0 Å². The van der Waals surface area contributed by atoms with Gasteiger partial charge in [-0.3, -0.25) is 0 Å². The molecule has 1 aliphatic rings. The molecule has 1 aromatic carbocycles. The number of aryl methyl sites for hydroxylation is 1. The van der Waals surface area contributed by atoms with Crippen molar-refractivity contribution < 1.29 is 13.5 Å². The monoisotopic (exact) mass is 393 g/mol. The fraction of sp³-hybridized carbons (Fsp3) is 0.500. The average Bonchev–Trinajstić information content (AvgIpc) is 2.98. The lowest BCUT2D eigenvalue weighted by Crippen LogP contribution is -2.41. The Morgan fingerprint density at radius 3 is 3.00 bits per heavy atom. The molecule has 8 heteroatoms. The molecule has 2 N–H and O–H groups in total. The Bertz CT molecular complexity index is 931. The zero-order valence-corrected chi connectivity index (χ0v) is 16.4. The van der Waals surface area contributed by atoms with E-state index in [1.807, 2.05) is 0 Å². The molecule has 1 saturated heterocycles. The second-order valence-corrected chi connectivity index (χ2v) is 9.74. The molecule has 0 aliphatic carbocycles. The summed E-state index contributed by atoms with van der Waals surface area (Å²) in [6.45, 7) is 4.71. The van der Waals surface area contributed by atoms with Gasteiger partial charge in [0.15, 0.2) is 0 Å². The summed E-state index contributed by atoms with van der Waals surface area (Å²) < 4.78 is 29.3. The molecule has 2 heterocycles. The predicted molar refractivity (Wildman–Crippen MR) is 103 cm³/mol. The number of thiophene rings is 1. The predicted octanol–water partition coefficient (Wildman–Crippen LogP) is 2.06. The van der Waals surface area contributed by atoms with Gasteiger partial charge in [-0.2, -0.15) is 5.26 Å². The van der Waals surface area contributed by atoms with E-state index in [-0.39, 0.29) is 6.61 Å². The maximum atomic E-state index is 12.7. The maximum Gasteiger partial charge on any atom is 0.250 e. The van der Waals surface area contributed by atoms with E-state index >= 15 is 0 Å². The van der Waals surface area contributed by atoms with Crippen LogP contribution in [0.1, 0.15) is 24.0 Å². The molecular formula is C18H23N3O3S2. The number of fused-ring (bicyclic) bond motifs is 1. The molecule has 3 rings (SSSR count). The van der Waals surface area contributed by atoms with E-state index in [0.717, 1.165) is 36.0 Å². The Morgan fingerprint density at radius 2 is 2.27 bits per heavy atom.